The van der Waals surface area contributed by atoms with Crippen LogP contribution in [0.3, 0.4) is 0 Å². The van der Waals surface area contributed by atoms with Gasteiger partial charge in [-0.25, -0.2) is 0 Å². The van der Waals surface area contributed by atoms with E-state index >= 15 is 0 Å². The monoisotopic (exact) mass is 78.1 g/mol. The molecule has 0 aromatic carbocycles. The van der Waals surface area contributed by atoms with Crippen molar-refractivity contribution in [2.24, 2.45) is 0 Å². The molecule has 0 aromatic heterocycles. The zero-order valence-electron chi connectivity index (χ0n) is 3.72. The lowest BCUT2D eigenvalue weighted by atomic mass is 10.1. The molecular formula is C5H7B. The van der Waals surface area contributed by atoms with Crippen LogP contribution in [0.15, 0.2) is 24.8 Å². The highest BCUT2D eigenvalue weighted by atomic mass is 13.6. The van der Waals surface area contributed by atoms with Crippen molar-refractivity contribution in [1.82, 2.24) is 0 Å². The standard InChI is InChI=1S/C5H7B/c1-2-3-4-5-6/h2-4H,1,5H2/b4-3+. The number of allylic oxidation sites excluding steroid dienone is 3. The summed E-state index contributed by atoms with van der Waals surface area (Å²) in [5.41, 5.74) is 0. The molecule has 0 N–H and O–H groups in total. The highest BCUT2D eigenvalue weighted by molar-refractivity contribution is 6.09. The van der Waals surface area contributed by atoms with Gasteiger partial charge in [0.25, 0.3) is 0 Å². The molecule has 0 amide bonds. The van der Waals surface area contributed by atoms with Crippen molar-refractivity contribution >= 4 is 7.85 Å². The van der Waals surface area contributed by atoms with Crippen molar-refractivity contribution in [3.8, 4) is 0 Å². The van der Waals surface area contributed by atoms with Gasteiger partial charge in [0.15, 0.2) is 0 Å². The summed E-state index contributed by atoms with van der Waals surface area (Å²) in [7, 11) is 5.08. The minimum absolute atomic E-state index is 0.603. The number of hydrogen-bond donors (Lipinski definition) is 0. The number of hydrogen-bond acceptors (Lipinski definition) is 0. The van der Waals surface area contributed by atoms with Gasteiger partial charge in [-0.3, -0.25) is 0 Å². The second kappa shape index (κ2) is 4.54. The second-order valence-corrected chi connectivity index (χ2v) is 0.900. The first kappa shape index (κ1) is 5.54. The van der Waals surface area contributed by atoms with E-state index in [-0.39, 0.29) is 0 Å². The van der Waals surface area contributed by atoms with Gasteiger partial charge in [-0.05, 0) is 0 Å². The minimum Gasteiger partial charge on any atom is -0.0991 e. The van der Waals surface area contributed by atoms with E-state index in [2.05, 4.69) is 6.58 Å². The van der Waals surface area contributed by atoms with Gasteiger partial charge in [-0.2, -0.15) is 0 Å². The number of rotatable bonds is 2. The van der Waals surface area contributed by atoms with Gasteiger partial charge in [-0.15, -0.1) is 0 Å². The van der Waals surface area contributed by atoms with E-state index in [1.807, 2.05) is 12.2 Å². The zero-order chi connectivity index (χ0) is 4.83. The van der Waals surface area contributed by atoms with Crippen molar-refractivity contribution in [2.75, 3.05) is 0 Å². The fourth-order valence-electron chi connectivity index (χ4n) is 0.175. The van der Waals surface area contributed by atoms with Crippen molar-refractivity contribution in [2.45, 2.75) is 6.32 Å². The second-order valence-electron chi connectivity index (χ2n) is 0.900. The summed E-state index contributed by atoms with van der Waals surface area (Å²) in [5, 5.41) is 0. The molecule has 0 fully saturated rings. The highest BCUT2D eigenvalue weighted by Gasteiger charge is 1.55. The third-order valence-electron chi connectivity index (χ3n) is 0.408. The molecule has 0 aliphatic rings. The maximum absolute atomic E-state index is 5.08. The lowest BCUT2D eigenvalue weighted by Gasteiger charge is -1.67. The van der Waals surface area contributed by atoms with Crippen molar-refractivity contribution in [1.29, 1.82) is 0 Å². The van der Waals surface area contributed by atoms with Crippen molar-refractivity contribution in [3.63, 3.8) is 0 Å². The summed E-state index contributed by atoms with van der Waals surface area (Å²) in [6.07, 6.45) is 5.96. The maximum atomic E-state index is 5.08. The summed E-state index contributed by atoms with van der Waals surface area (Å²) in [6.45, 7) is 3.46. The van der Waals surface area contributed by atoms with Crippen LogP contribution in [0.1, 0.15) is 0 Å². The summed E-state index contributed by atoms with van der Waals surface area (Å²) in [5.74, 6) is 0. The Morgan fingerprint density at radius 1 is 1.67 bits per heavy atom. The average molecular weight is 77.9 g/mol. The Kier molecular flexibility index (Phi) is 4.20. The third kappa shape index (κ3) is 3.54. The topological polar surface area (TPSA) is 0 Å². The third-order valence-corrected chi connectivity index (χ3v) is 0.408. The zero-order valence-corrected chi connectivity index (χ0v) is 3.72. The summed E-state index contributed by atoms with van der Waals surface area (Å²) < 4.78 is 0. The molecule has 0 spiro atoms. The molecule has 0 aliphatic heterocycles. The minimum atomic E-state index is 0.603. The van der Waals surface area contributed by atoms with Crippen LogP contribution < -0.4 is 0 Å². The first-order valence-corrected chi connectivity index (χ1v) is 1.89. The van der Waals surface area contributed by atoms with Gasteiger partial charge in [0.1, 0.15) is 0 Å². The van der Waals surface area contributed by atoms with Crippen LogP contribution >= 0.6 is 0 Å². The first-order valence-electron chi connectivity index (χ1n) is 1.89. The first-order chi connectivity index (χ1) is 2.91. The molecule has 0 bridgehead atoms. The van der Waals surface area contributed by atoms with Gasteiger partial charge >= 0.3 is 0 Å². The van der Waals surface area contributed by atoms with Gasteiger partial charge in [0.05, 0.1) is 7.85 Å². The van der Waals surface area contributed by atoms with Gasteiger partial charge < -0.3 is 0 Å². The highest BCUT2D eigenvalue weighted by Crippen LogP contribution is 1.74. The fraction of sp³-hybridized carbons (Fsp3) is 0.200. The van der Waals surface area contributed by atoms with E-state index in [4.69, 9.17) is 7.85 Å². The molecule has 0 heterocycles. The Bertz CT molecular complexity index is 55.0. The molecule has 0 saturated heterocycles. The Balaban J connectivity index is 2.94. The fourth-order valence-corrected chi connectivity index (χ4v) is 0.175. The van der Waals surface area contributed by atoms with E-state index in [9.17, 15) is 0 Å². The summed E-state index contributed by atoms with van der Waals surface area (Å²) in [6, 6.07) is 0. The molecule has 0 saturated carbocycles. The molecule has 0 aromatic rings. The molecule has 0 atom stereocenters. The van der Waals surface area contributed by atoms with E-state index in [0.29, 0.717) is 6.32 Å². The van der Waals surface area contributed by atoms with E-state index in [1.54, 1.807) is 6.08 Å². The van der Waals surface area contributed by atoms with Crippen LogP contribution in [0.5, 0.6) is 0 Å². The molecule has 30 valence electrons. The summed E-state index contributed by atoms with van der Waals surface area (Å²) >= 11 is 0. The van der Waals surface area contributed by atoms with Crippen molar-refractivity contribution in [3.05, 3.63) is 24.8 Å². The largest absolute Gasteiger partial charge is 0.0991 e. The van der Waals surface area contributed by atoms with E-state index in [1.165, 1.54) is 0 Å². The molecule has 0 aliphatic carbocycles. The van der Waals surface area contributed by atoms with Gasteiger partial charge in [0.2, 0.25) is 0 Å². The lowest BCUT2D eigenvalue weighted by Crippen LogP contribution is -1.52. The molecule has 0 nitrogen and oxygen atoms in total. The average Bonchev–Trinajstić information content (AvgIpc) is 1.61. The normalized spacial score (nSPS) is 9.33. The Morgan fingerprint density at radius 2 is 2.33 bits per heavy atom. The van der Waals surface area contributed by atoms with E-state index in [0.717, 1.165) is 0 Å². The Labute approximate surface area is 40.0 Å². The van der Waals surface area contributed by atoms with Crippen LogP contribution in [0.25, 0.3) is 0 Å². The smallest absolute Gasteiger partial charge is 0.0708 e. The van der Waals surface area contributed by atoms with Crippen LogP contribution in [0.2, 0.25) is 6.32 Å². The van der Waals surface area contributed by atoms with Gasteiger partial charge in [-0.1, -0.05) is 31.1 Å². The molecule has 0 rings (SSSR count). The van der Waals surface area contributed by atoms with Crippen molar-refractivity contribution < 1.29 is 0 Å². The predicted octanol–water partition coefficient (Wildman–Crippen LogP) is 1.32. The van der Waals surface area contributed by atoms with Crippen LogP contribution in [-0.2, 0) is 0 Å². The van der Waals surface area contributed by atoms with Crippen LogP contribution in [-0.4, -0.2) is 7.85 Å². The Hall–Kier alpha value is -0.455. The van der Waals surface area contributed by atoms with Crippen LogP contribution in [0, 0.1) is 0 Å². The molecular weight excluding hydrogens is 70.9 g/mol. The van der Waals surface area contributed by atoms with E-state index < -0.39 is 0 Å². The molecule has 1 heteroatoms. The quantitative estimate of drug-likeness (QED) is 0.345. The summed E-state index contributed by atoms with van der Waals surface area (Å²) in [4.78, 5) is 0. The predicted molar refractivity (Wildman–Crippen MR) is 29.9 cm³/mol. The lowest BCUT2D eigenvalue weighted by molar-refractivity contribution is 1.71. The maximum Gasteiger partial charge on any atom is 0.0708 e. The van der Waals surface area contributed by atoms with Crippen LogP contribution in [0.4, 0.5) is 0 Å². The Morgan fingerprint density at radius 3 is 2.50 bits per heavy atom. The SMILES string of the molecule is [B]C/C=C/C=C. The molecule has 2 radical (unpaired) electrons. The molecule has 0 unspecified atom stereocenters. The van der Waals surface area contributed by atoms with Gasteiger partial charge in [0, 0.05) is 0 Å². The molecule has 6 heavy (non-hydrogen) atoms.